The number of nitro groups is 1. The Kier molecular flexibility index (Phi) is 7.38. The maximum atomic E-state index is 13.6. The lowest BCUT2D eigenvalue weighted by Crippen LogP contribution is -2.38. The van der Waals surface area contributed by atoms with Gasteiger partial charge in [-0.25, -0.2) is 12.8 Å². The van der Waals surface area contributed by atoms with Gasteiger partial charge in [0.25, 0.3) is 15.7 Å². The minimum atomic E-state index is -4.50. The van der Waals surface area contributed by atoms with Gasteiger partial charge in [-0.3, -0.25) is 19.2 Å². The molecule has 9 nitrogen and oxygen atoms in total. The fraction of sp³-hybridized carbons (Fsp3) is 0.136. The molecule has 0 fully saturated rings. The molecule has 0 aliphatic heterocycles. The van der Waals surface area contributed by atoms with Gasteiger partial charge < -0.3 is 10.1 Å². The number of nitrogens with zero attached hydrogens (tertiary/aromatic N) is 2. The maximum absolute atomic E-state index is 13.6. The molecule has 3 aromatic rings. The first-order chi connectivity index (χ1) is 16.0. The molecule has 0 saturated carbocycles. The Morgan fingerprint density at radius 1 is 1.15 bits per heavy atom. The number of carbonyl (C=O) groups is 1. The number of halogens is 2. The third-order valence-corrected chi connectivity index (χ3v) is 6.78. The highest BCUT2D eigenvalue weighted by Crippen LogP contribution is 2.35. The van der Waals surface area contributed by atoms with E-state index in [2.05, 4.69) is 5.32 Å². The first kappa shape index (κ1) is 24.9. The summed E-state index contributed by atoms with van der Waals surface area (Å²) in [6, 6.07) is 12.5. The van der Waals surface area contributed by atoms with Crippen molar-refractivity contribution >= 4 is 44.6 Å². The summed E-state index contributed by atoms with van der Waals surface area (Å²) in [4.78, 5) is 23.0. The molecular formula is C22H19ClFN3O6S. The quantitative estimate of drug-likeness (QED) is 0.353. The van der Waals surface area contributed by atoms with Crippen LogP contribution < -0.4 is 14.4 Å². The van der Waals surface area contributed by atoms with Crippen LogP contribution in [0.2, 0.25) is 5.02 Å². The van der Waals surface area contributed by atoms with E-state index in [-0.39, 0.29) is 27.7 Å². The van der Waals surface area contributed by atoms with Gasteiger partial charge in [0, 0.05) is 22.3 Å². The van der Waals surface area contributed by atoms with Gasteiger partial charge in [-0.2, -0.15) is 0 Å². The molecule has 1 N–H and O–H groups in total. The molecule has 0 saturated heterocycles. The Morgan fingerprint density at radius 3 is 2.44 bits per heavy atom. The molecule has 0 spiro atoms. The van der Waals surface area contributed by atoms with Crippen molar-refractivity contribution < 1.29 is 27.3 Å². The van der Waals surface area contributed by atoms with Crippen LogP contribution in [0.1, 0.15) is 5.56 Å². The van der Waals surface area contributed by atoms with Crippen LogP contribution >= 0.6 is 11.6 Å². The van der Waals surface area contributed by atoms with Crippen LogP contribution in [-0.4, -0.2) is 32.9 Å². The SMILES string of the molecule is COc1ccc(Cl)cc1N(CC(=O)Nc1ccc(F)cc1)S(=O)(=O)c1ccc(C)c([N+](=O)[O-])c1. The molecular weight excluding hydrogens is 489 g/mol. The van der Waals surface area contributed by atoms with Crippen LogP contribution in [0.5, 0.6) is 5.75 Å². The number of anilines is 2. The van der Waals surface area contributed by atoms with E-state index in [4.69, 9.17) is 16.3 Å². The van der Waals surface area contributed by atoms with Crippen molar-refractivity contribution in [3.63, 3.8) is 0 Å². The summed E-state index contributed by atoms with van der Waals surface area (Å²) in [7, 11) is -3.19. The summed E-state index contributed by atoms with van der Waals surface area (Å²) in [6.45, 7) is 0.751. The highest BCUT2D eigenvalue weighted by atomic mass is 35.5. The molecule has 12 heteroatoms. The molecule has 0 aliphatic rings. The number of aryl methyl sites for hydroxylation is 1. The average molecular weight is 508 g/mol. The van der Waals surface area contributed by atoms with Crippen molar-refractivity contribution in [2.24, 2.45) is 0 Å². The van der Waals surface area contributed by atoms with Crippen LogP contribution in [0.4, 0.5) is 21.5 Å². The van der Waals surface area contributed by atoms with Crippen molar-refractivity contribution in [2.45, 2.75) is 11.8 Å². The summed E-state index contributed by atoms with van der Waals surface area (Å²) in [5.74, 6) is -1.16. The minimum absolute atomic E-state index is 0.0486. The van der Waals surface area contributed by atoms with Crippen LogP contribution in [0.3, 0.4) is 0 Å². The number of ether oxygens (including phenoxy) is 1. The Labute approximate surface area is 199 Å². The third kappa shape index (κ3) is 5.43. The van der Waals surface area contributed by atoms with E-state index in [9.17, 15) is 27.7 Å². The number of methoxy groups -OCH3 is 1. The fourth-order valence-corrected chi connectivity index (χ4v) is 4.71. The van der Waals surface area contributed by atoms with Crippen LogP contribution in [0.15, 0.2) is 65.6 Å². The van der Waals surface area contributed by atoms with E-state index in [0.29, 0.717) is 0 Å². The van der Waals surface area contributed by atoms with Crippen LogP contribution in [0, 0.1) is 22.9 Å². The van der Waals surface area contributed by atoms with Crippen LogP contribution in [0.25, 0.3) is 0 Å². The predicted octanol–water partition coefficient (Wildman–Crippen LogP) is 4.54. The fourth-order valence-electron chi connectivity index (χ4n) is 3.10. The summed E-state index contributed by atoms with van der Waals surface area (Å²) >= 11 is 6.08. The standard InChI is InChI=1S/C22H19ClFN3O6S/c1-14-3-9-18(12-19(14)27(29)30)34(31,32)26(20-11-15(23)4-10-21(20)33-2)13-22(28)25-17-7-5-16(24)6-8-17/h3-12H,13H2,1-2H3,(H,25,28). The van der Waals surface area contributed by atoms with E-state index < -0.39 is 43.8 Å². The van der Waals surface area contributed by atoms with Gasteiger partial charge in [0.05, 0.1) is 22.6 Å². The highest BCUT2D eigenvalue weighted by molar-refractivity contribution is 7.92. The molecule has 0 unspecified atom stereocenters. The van der Waals surface area contributed by atoms with Gasteiger partial charge >= 0.3 is 0 Å². The lowest BCUT2D eigenvalue weighted by Gasteiger charge is -2.26. The number of hydrogen-bond donors (Lipinski definition) is 1. The number of sulfonamides is 1. The molecule has 0 aliphatic carbocycles. The Morgan fingerprint density at radius 2 is 1.82 bits per heavy atom. The number of benzene rings is 3. The molecule has 0 atom stereocenters. The topological polar surface area (TPSA) is 119 Å². The normalized spacial score (nSPS) is 11.1. The number of hydrogen-bond acceptors (Lipinski definition) is 6. The third-order valence-electron chi connectivity index (χ3n) is 4.79. The van der Waals surface area contributed by atoms with E-state index in [0.717, 1.165) is 22.5 Å². The highest BCUT2D eigenvalue weighted by Gasteiger charge is 2.31. The van der Waals surface area contributed by atoms with Crippen molar-refractivity contribution in [3.8, 4) is 5.75 Å². The second-order valence-electron chi connectivity index (χ2n) is 7.09. The molecule has 1 amide bonds. The van der Waals surface area contributed by atoms with Gasteiger partial charge in [-0.15, -0.1) is 0 Å². The first-order valence-electron chi connectivity index (χ1n) is 9.69. The van der Waals surface area contributed by atoms with Crippen molar-refractivity contribution in [1.29, 1.82) is 0 Å². The first-order valence-corrected chi connectivity index (χ1v) is 11.5. The van der Waals surface area contributed by atoms with Crippen molar-refractivity contribution in [1.82, 2.24) is 0 Å². The summed E-state index contributed by atoms with van der Waals surface area (Å²) < 4.78 is 46.4. The Balaban J connectivity index is 2.09. The zero-order chi connectivity index (χ0) is 25.0. The molecule has 3 aromatic carbocycles. The van der Waals surface area contributed by atoms with Gasteiger partial charge in [0.15, 0.2) is 0 Å². The van der Waals surface area contributed by atoms with E-state index in [1.807, 2.05) is 0 Å². The number of rotatable bonds is 8. The molecule has 0 bridgehead atoms. The summed E-state index contributed by atoms with van der Waals surface area (Å²) in [5, 5.41) is 14.0. The lowest BCUT2D eigenvalue weighted by molar-refractivity contribution is -0.385. The van der Waals surface area contributed by atoms with Gasteiger partial charge in [0.2, 0.25) is 5.91 Å². The van der Waals surface area contributed by atoms with E-state index in [1.54, 1.807) is 0 Å². The minimum Gasteiger partial charge on any atom is -0.495 e. The number of nitrogens with one attached hydrogen (secondary N) is 1. The Bertz CT molecular complexity index is 1350. The summed E-state index contributed by atoms with van der Waals surface area (Å²) in [6.07, 6.45) is 0. The van der Waals surface area contributed by atoms with E-state index in [1.165, 1.54) is 56.5 Å². The maximum Gasteiger partial charge on any atom is 0.273 e. The molecule has 0 heterocycles. The zero-order valence-corrected chi connectivity index (χ0v) is 19.6. The molecule has 3 rings (SSSR count). The summed E-state index contributed by atoms with van der Waals surface area (Å²) in [5.41, 5.74) is 0.0694. The van der Waals surface area contributed by atoms with Gasteiger partial charge in [0.1, 0.15) is 18.1 Å². The zero-order valence-electron chi connectivity index (χ0n) is 18.0. The predicted molar refractivity (Wildman–Crippen MR) is 125 cm³/mol. The van der Waals surface area contributed by atoms with E-state index >= 15 is 0 Å². The molecule has 0 radical (unpaired) electrons. The molecule has 178 valence electrons. The average Bonchev–Trinajstić information content (AvgIpc) is 2.79. The largest absolute Gasteiger partial charge is 0.495 e. The Hall–Kier alpha value is -3.70. The van der Waals surface area contributed by atoms with Gasteiger partial charge in [-0.1, -0.05) is 17.7 Å². The van der Waals surface area contributed by atoms with Crippen molar-refractivity contribution in [2.75, 3.05) is 23.3 Å². The van der Waals surface area contributed by atoms with Crippen molar-refractivity contribution in [3.05, 3.63) is 87.2 Å². The molecule has 34 heavy (non-hydrogen) atoms. The van der Waals surface area contributed by atoms with Gasteiger partial charge in [-0.05, 0) is 55.5 Å². The number of nitro benzene ring substituents is 1. The molecule has 0 aromatic heterocycles. The smallest absolute Gasteiger partial charge is 0.273 e. The number of carbonyl (C=O) groups excluding carboxylic acids is 1. The monoisotopic (exact) mass is 507 g/mol. The lowest BCUT2D eigenvalue weighted by atomic mass is 10.2. The number of amides is 1. The second-order valence-corrected chi connectivity index (χ2v) is 9.39. The second kappa shape index (κ2) is 10.1. The van der Waals surface area contributed by atoms with Crippen LogP contribution in [-0.2, 0) is 14.8 Å².